The third-order valence-corrected chi connectivity index (χ3v) is 2.25. The summed E-state index contributed by atoms with van der Waals surface area (Å²) >= 11 is 0. The van der Waals surface area contributed by atoms with E-state index in [-0.39, 0.29) is 0 Å². The van der Waals surface area contributed by atoms with Gasteiger partial charge >= 0.3 is 6.09 Å². The number of aliphatic hydroxyl groups excluding tert-OH is 1. The lowest BCUT2D eigenvalue weighted by Crippen LogP contribution is -2.26. The topological polar surface area (TPSA) is 60.8 Å². The van der Waals surface area contributed by atoms with Crippen LogP contribution in [0.5, 0.6) is 0 Å². The lowest BCUT2D eigenvalue weighted by molar-refractivity contribution is 0.131. The number of carboxylic acid groups (broad SMARTS) is 1. The summed E-state index contributed by atoms with van der Waals surface area (Å²) in [5.74, 6) is 0. The van der Waals surface area contributed by atoms with E-state index in [4.69, 9.17) is 5.11 Å². The molecule has 82 valence electrons. The summed E-state index contributed by atoms with van der Waals surface area (Å²) in [6, 6.07) is 9.22. The van der Waals surface area contributed by atoms with Crippen LogP contribution in [-0.2, 0) is 0 Å². The fourth-order valence-corrected chi connectivity index (χ4v) is 1.25. The van der Waals surface area contributed by atoms with E-state index < -0.39 is 12.2 Å². The Bertz CT molecular complexity index is 313. The first-order valence-corrected chi connectivity index (χ1v) is 4.78. The minimum Gasteiger partial charge on any atom is -0.465 e. The number of hydrogen-bond acceptors (Lipinski definition) is 2. The first kappa shape index (κ1) is 11.5. The van der Waals surface area contributed by atoms with Gasteiger partial charge in [0.1, 0.15) is 0 Å². The quantitative estimate of drug-likeness (QED) is 0.793. The number of rotatable bonds is 4. The zero-order chi connectivity index (χ0) is 11.3. The molecule has 0 radical (unpaired) electrons. The summed E-state index contributed by atoms with van der Waals surface area (Å²) in [4.78, 5) is 11.7. The van der Waals surface area contributed by atoms with Gasteiger partial charge in [0.25, 0.3) is 0 Å². The van der Waals surface area contributed by atoms with E-state index in [0.29, 0.717) is 13.0 Å². The second-order valence-electron chi connectivity index (χ2n) is 3.42. The van der Waals surface area contributed by atoms with Crippen molar-refractivity contribution in [3.8, 4) is 0 Å². The number of carbonyl (C=O) groups is 1. The van der Waals surface area contributed by atoms with Gasteiger partial charge in [-0.3, -0.25) is 0 Å². The molecular formula is C11H15NO3. The predicted octanol–water partition coefficient (Wildman–Crippen LogP) is 1.72. The highest BCUT2D eigenvalue weighted by Gasteiger charge is 2.10. The summed E-state index contributed by atoms with van der Waals surface area (Å²) in [6.07, 6.45) is -1.17. The molecule has 4 heteroatoms. The third kappa shape index (κ3) is 3.59. The molecule has 1 atom stereocenters. The molecule has 0 bridgehead atoms. The average Bonchev–Trinajstić information content (AvgIpc) is 2.26. The number of hydrogen-bond donors (Lipinski definition) is 2. The van der Waals surface area contributed by atoms with Gasteiger partial charge < -0.3 is 15.1 Å². The van der Waals surface area contributed by atoms with E-state index in [2.05, 4.69) is 0 Å². The SMILES string of the molecule is CN(CCC(O)c1ccccc1)C(=O)O. The largest absolute Gasteiger partial charge is 0.465 e. The highest BCUT2D eigenvalue weighted by Crippen LogP contribution is 2.15. The Kier molecular flexibility index (Phi) is 4.12. The lowest BCUT2D eigenvalue weighted by Gasteiger charge is -2.16. The van der Waals surface area contributed by atoms with E-state index in [9.17, 15) is 9.90 Å². The lowest BCUT2D eigenvalue weighted by atomic mass is 10.1. The van der Waals surface area contributed by atoms with Crippen LogP contribution in [0.2, 0.25) is 0 Å². The maximum absolute atomic E-state index is 10.5. The van der Waals surface area contributed by atoms with Crippen LogP contribution >= 0.6 is 0 Å². The standard InChI is InChI=1S/C11H15NO3/c1-12(11(14)15)8-7-10(13)9-5-3-2-4-6-9/h2-6,10,13H,7-8H2,1H3,(H,14,15). The molecule has 1 aromatic rings. The molecule has 0 aromatic heterocycles. The van der Waals surface area contributed by atoms with Crippen molar-refractivity contribution in [2.45, 2.75) is 12.5 Å². The van der Waals surface area contributed by atoms with Crippen molar-refractivity contribution in [3.63, 3.8) is 0 Å². The molecule has 1 aromatic carbocycles. The molecule has 0 saturated carbocycles. The number of benzene rings is 1. The van der Waals surface area contributed by atoms with Gasteiger partial charge in [0.15, 0.2) is 0 Å². The normalized spacial score (nSPS) is 12.1. The van der Waals surface area contributed by atoms with Crippen LogP contribution in [0.1, 0.15) is 18.1 Å². The van der Waals surface area contributed by atoms with Crippen LogP contribution in [0.15, 0.2) is 30.3 Å². The van der Waals surface area contributed by atoms with Gasteiger partial charge in [0.2, 0.25) is 0 Å². The smallest absolute Gasteiger partial charge is 0.407 e. The first-order valence-electron chi connectivity index (χ1n) is 4.78. The number of aliphatic hydroxyl groups is 1. The summed E-state index contributed by atoms with van der Waals surface area (Å²) in [5, 5.41) is 18.3. The second-order valence-corrected chi connectivity index (χ2v) is 3.42. The fourth-order valence-electron chi connectivity index (χ4n) is 1.25. The Morgan fingerprint density at radius 2 is 2.00 bits per heavy atom. The minimum atomic E-state index is -0.977. The first-order chi connectivity index (χ1) is 7.11. The van der Waals surface area contributed by atoms with E-state index in [1.165, 1.54) is 7.05 Å². The molecule has 4 nitrogen and oxygen atoms in total. The summed E-state index contributed by atoms with van der Waals surface area (Å²) in [5.41, 5.74) is 0.816. The molecule has 1 unspecified atom stereocenters. The van der Waals surface area contributed by atoms with Crippen LogP contribution in [0, 0.1) is 0 Å². The third-order valence-electron chi connectivity index (χ3n) is 2.25. The summed E-state index contributed by atoms with van der Waals surface area (Å²) in [7, 11) is 1.49. The van der Waals surface area contributed by atoms with Crippen LogP contribution in [0.4, 0.5) is 4.79 Å². The van der Waals surface area contributed by atoms with Crippen LogP contribution in [0.3, 0.4) is 0 Å². The monoisotopic (exact) mass is 209 g/mol. The van der Waals surface area contributed by atoms with Gasteiger partial charge in [-0.2, -0.15) is 0 Å². The van der Waals surface area contributed by atoms with Crippen molar-refractivity contribution >= 4 is 6.09 Å². The molecule has 0 aliphatic carbocycles. The molecular weight excluding hydrogens is 194 g/mol. The van der Waals surface area contributed by atoms with Gasteiger partial charge in [-0.15, -0.1) is 0 Å². The highest BCUT2D eigenvalue weighted by atomic mass is 16.4. The van der Waals surface area contributed by atoms with E-state index in [0.717, 1.165) is 10.5 Å². The van der Waals surface area contributed by atoms with Gasteiger partial charge in [-0.1, -0.05) is 30.3 Å². The van der Waals surface area contributed by atoms with Gasteiger partial charge in [-0.05, 0) is 12.0 Å². The Morgan fingerprint density at radius 1 is 1.40 bits per heavy atom. The van der Waals surface area contributed by atoms with Gasteiger partial charge in [0.05, 0.1) is 6.10 Å². The van der Waals surface area contributed by atoms with Crippen molar-refractivity contribution in [2.24, 2.45) is 0 Å². The molecule has 1 amide bonds. The Hall–Kier alpha value is -1.55. The summed E-state index contributed by atoms with van der Waals surface area (Å²) < 4.78 is 0. The minimum absolute atomic E-state index is 0.325. The van der Waals surface area contributed by atoms with Crippen molar-refractivity contribution < 1.29 is 15.0 Å². The molecule has 15 heavy (non-hydrogen) atoms. The maximum Gasteiger partial charge on any atom is 0.407 e. The van der Waals surface area contributed by atoms with Crippen LogP contribution < -0.4 is 0 Å². The molecule has 0 saturated heterocycles. The number of amides is 1. The van der Waals surface area contributed by atoms with Crippen LogP contribution in [0.25, 0.3) is 0 Å². The number of nitrogens with zero attached hydrogens (tertiary/aromatic N) is 1. The predicted molar refractivity (Wildman–Crippen MR) is 56.7 cm³/mol. The average molecular weight is 209 g/mol. The molecule has 0 spiro atoms. The Morgan fingerprint density at radius 3 is 2.53 bits per heavy atom. The van der Waals surface area contributed by atoms with E-state index in [1.54, 1.807) is 0 Å². The van der Waals surface area contributed by atoms with Gasteiger partial charge in [0, 0.05) is 13.6 Å². The highest BCUT2D eigenvalue weighted by molar-refractivity contribution is 5.64. The van der Waals surface area contributed by atoms with Crippen LogP contribution in [-0.4, -0.2) is 34.8 Å². The zero-order valence-corrected chi connectivity index (χ0v) is 8.63. The summed E-state index contributed by atoms with van der Waals surface area (Å²) in [6.45, 7) is 0.325. The Balaban J connectivity index is 2.43. The van der Waals surface area contributed by atoms with Gasteiger partial charge in [-0.25, -0.2) is 4.79 Å². The van der Waals surface area contributed by atoms with Crippen molar-refractivity contribution in [2.75, 3.05) is 13.6 Å². The molecule has 1 rings (SSSR count). The molecule has 2 N–H and O–H groups in total. The van der Waals surface area contributed by atoms with Crippen molar-refractivity contribution in [3.05, 3.63) is 35.9 Å². The molecule has 0 aliphatic rings. The Labute approximate surface area is 88.8 Å². The van der Waals surface area contributed by atoms with E-state index >= 15 is 0 Å². The second kappa shape index (κ2) is 5.36. The maximum atomic E-state index is 10.5. The molecule has 0 fully saturated rings. The van der Waals surface area contributed by atoms with Crippen molar-refractivity contribution in [1.29, 1.82) is 0 Å². The van der Waals surface area contributed by atoms with E-state index in [1.807, 2.05) is 30.3 Å². The fraction of sp³-hybridized carbons (Fsp3) is 0.364. The zero-order valence-electron chi connectivity index (χ0n) is 8.63. The molecule has 0 heterocycles. The van der Waals surface area contributed by atoms with Crippen molar-refractivity contribution in [1.82, 2.24) is 4.90 Å². The molecule has 0 aliphatic heterocycles.